The van der Waals surface area contributed by atoms with E-state index >= 15 is 0 Å². The summed E-state index contributed by atoms with van der Waals surface area (Å²) in [6.45, 7) is 3.67. The normalized spacial score (nSPS) is 12.0. The van der Waals surface area contributed by atoms with Crippen LogP contribution in [0.25, 0.3) is 11.4 Å². The van der Waals surface area contributed by atoms with Crippen LogP contribution >= 0.6 is 0 Å². The first-order valence-electron chi connectivity index (χ1n) is 7.90. The topological polar surface area (TPSA) is 126 Å². The zero-order valence-electron chi connectivity index (χ0n) is 14.3. The Kier molecular flexibility index (Phi) is 4.90. The van der Waals surface area contributed by atoms with Gasteiger partial charge in [0.25, 0.3) is 0 Å². The predicted molar refractivity (Wildman–Crippen MR) is 93.9 cm³/mol. The lowest BCUT2D eigenvalue weighted by Crippen LogP contribution is -2.25. The zero-order chi connectivity index (χ0) is 18.7. The molecule has 0 saturated heterocycles. The maximum atomic E-state index is 10.7. The Hall–Kier alpha value is -3.33. The average Bonchev–Trinajstić information content (AvgIpc) is 3.02. The molecule has 9 heteroatoms. The Morgan fingerprint density at radius 2 is 2.08 bits per heavy atom. The molecule has 26 heavy (non-hydrogen) atoms. The van der Waals surface area contributed by atoms with E-state index in [9.17, 15) is 9.90 Å². The monoisotopic (exact) mass is 354 g/mol. The van der Waals surface area contributed by atoms with E-state index in [1.54, 1.807) is 18.5 Å². The molecule has 9 nitrogen and oxygen atoms in total. The van der Waals surface area contributed by atoms with Crippen LogP contribution in [0.15, 0.2) is 36.8 Å². The molecule has 0 aliphatic carbocycles. The van der Waals surface area contributed by atoms with Gasteiger partial charge in [0.15, 0.2) is 11.9 Å². The molecule has 0 fully saturated rings. The third-order valence-electron chi connectivity index (χ3n) is 3.56. The summed E-state index contributed by atoms with van der Waals surface area (Å²) in [5, 5.41) is 25.4. The third kappa shape index (κ3) is 4.19. The highest BCUT2D eigenvalue weighted by atomic mass is 16.4. The first-order valence-corrected chi connectivity index (χ1v) is 7.90. The predicted octanol–water partition coefficient (Wildman–Crippen LogP) is 1.54. The summed E-state index contributed by atoms with van der Waals surface area (Å²) < 4.78 is 1.34. The summed E-state index contributed by atoms with van der Waals surface area (Å²) in [5.74, 6) is 0.403. The van der Waals surface area contributed by atoms with E-state index in [0.29, 0.717) is 23.0 Å². The summed E-state index contributed by atoms with van der Waals surface area (Å²) in [7, 11) is 0. The molecule has 3 aromatic rings. The molecule has 0 saturated carbocycles. The molecule has 0 bridgehead atoms. The van der Waals surface area contributed by atoms with E-state index in [4.69, 9.17) is 5.11 Å². The first kappa shape index (κ1) is 17.5. The van der Waals surface area contributed by atoms with Crippen molar-refractivity contribution in [3.05, 3.63) is 48.0 Å². The van der Waals surface area contributed by atoms with E-state index in [0.717, 1.165) is 11.3 Å². The van der Waals surface area contributed by atoms with Gasteiger partial charge >= 0.3 is 5.97 Å². The molecule has 3 heterocycles. The number of carboxylic acids is 1. The van der Waals surface area contributed by atoms with Gasteiger partial charge in [0.2, 0.25) is 0 Å². The van der Waals surface area contributed by atoms with Crippen LogP contribution in [0.2, 0.25) is 0 Å². The number of carbonyl (C=O) groups is 1. The standard InChI is InChI=1S/C17H18N6O3/c1-10-3-4-18-14(5-10)21-15-6-11(2)20-16(22-15)12-7-19-23(8-12)9-13(24)17(25)26/h3-8,13,24H,9H2,1-2H3,(H,25,26)(H,18,20,21,22)/t13-/m0/s1. The number of aliphatic carboxylic acids is 1. The van der Waals surface area contributed by atoms with Crippen molar-refractivity contribution in [1.82, 2.24) is 24.7 Å². The summed E-state index contributed by atoms with van der Waals surface area (Å²) in [5.41, 5.74) is 2.45. The number of anilines is 2. The largest absolute Gasteiger partial charge is 0.479 e. The van der Waals surface area contributed by atoms with Gasteiger partial charge in [-0.2, -0.15) is 5.10 Å². The van der Waals surface area contributed by atoms with Crippen molar-refractivity contribution < 1.29 is 15.0 Å². The molecule has 0 aliphatic rings. The minimum absolute atomic E-state index is 0.153. The Labute approximate surface area is 149 Å². The highest BCUT2D eigenvalue weighted by molar-refractivity contribution is 5.71. The summed E-state index contributed by atoms with van der Waals surface area (Å²) in [6.07, 6.45) is 3.31. The molecule has 0 aromatic carbocycles. The van der Waals surface area contributed by atoms with Crippen LogP contribution in [0.1, 0.15) is 11.3 Å². The maximum absolute atomic E-state index is 10.7. The molecule has 1 atom stereocenters. The highest BCUT2D eigenvalue weighted by Gasteiger charge is 2.15. The molecule has 0 radical (unpaired) electrons. The van der Waals surface area contributed by atoms with Crippen LogP contribution in [-0.2, 0) is 11.3 Å². The molecule has 134 valence electrons. The zero-order valence-corrected chi connectivity index (χ0v) is 14.3. The van der Waals surface area contributed by atoms with Gasteiger partial charge in [0, 0.05) is 24.2 Å². The van der Waals surface area contributed by atoms with Crippen molar-refractivity contribution in [2.45, 2.75) is 26.5 Å². The lowest BCUT2D eigenvalue weighted by molar-refractivity contribution is -0.147. The van der Waals surface area contributed by atoms with Gasteiger partial charge in [-0.25, -0.2) is 19.7 Å². The quantitative estimate of drug-likeness (QED) is 0.608. The number of rotatable bonds is 6. The van der Waals surface area contributed by atoms with Crippen molar-refractivity contribution in [2.75, 3.05) is 5.32 Å². The van der Waals surface area contributed by atoms with Crippen LogP contribution in [0.3, 0.4) is 0 Å². The second kappa shape index (κ2) is 7.28. The van der Waals surface area contributed by atoms with Gasteiger partial charge in [-0.15, -0.1) is 0 Å². The van der Waals surface area contributed by atoms with E-state index in [2.05, 4.69) is 25.4 Å². The molecular formula is C17H18N6O3. The Morgan fingerprint density at radius 1 is 1.27 bits per heavy atom. The molecule has 0 aliphatic heterocycles. The van der Waals surface area contributed by atoms with E-state index in [1.807, 2.05) is 26.0 Å². The van der Waals surface area contributed by atoms with E-state index in [-0.39, 0.29) is 6.54 Å². The SMILES string of the molecule is Cc1ccnc(Nc2cc(C)nc(-c3cnn(C[C@H](O)C(=O)O)c3)n2)c1. The fraction of sp³-hybridized carbons (Fsp3) is 0.235. The van der Waals surface area contributed by atoms with Gasteiger partial charge in [0.1, 0.15) is 11.6 Å². The van der Waals surface area contributed by atoms with Crippen LogP contribution in [-0.4, -0.2) is 47.0 Å². The Balaban J connectivity index is 1.83. The third-order valence-corrected chi connectivity index (χ3v) is 3.56. The smallest absolute Gasteiger partial charge is 0.334 e. The summed E-state index contributed by atoms with van der Waals surface area (Å²) in [6, 6.07) is 5.61. The number of aliphatic hydroxyl groups is 1. The van der Waals surface area contributed by atoms with Gasteiger partial charge in [-0.05, 0) is 31.5 Å². The van der Waals surface area contributed by atoms with Gasteiger partial charge < -0.3 is 15.5 Å². The number of nitrogens with zero attached hydrogens (tertiary/aromatic N) is 5. The van der Waals surface area contributed by atoms with Crippen LogP contribution in [0, 0.1) is 13.8 Å². The van der Waals surface area contributed by atoms with Crippen molar-refractivity contribution in [1.29, 1.82) is 0 Å². The molecule has 3 aromatic heterocycles. The fourth-order valence-corrected chi connectivity index (χ4v) is 2.33. The van der Waals surface area contributed by atoms with Crippen LogP contribution in [0.5, 0.6) is 0 Å². The molecule has 0 spiro atoms. The number of aliphatic hydroxyl groups excluding tert-OH is 1. The number of hydrogen-bond acceptors (Lipinski definition) is 7. The molecule has 0 unspecified atom stereocenters. The minimum Gasteiger partial charge on any atom is -0.479 e. The average molecular weight is 354 g/mol. The van der Waals surface area contributed by atoms with E-state index < -0.39 is 12.1 Å². The van der Waals surface area contributed by atoms with Crippen molar-refractivity contribution in [2.24, 2.45) is 0 Å². The second-order valence-electron chi connectivity index (χ2n) is 5.87. The molecule has 0 amide bonds. The van der Waals surface area contributed by atoms with Gasteiger partial charge in [-0.1, -0.05) is 0 Å². The van der Waals surface area contributed by atoms with Gasteiger partial charge in [-0.3, -0.25) is 4.68 Å². The summed E-state index contributed by atoms with van der Waals surface area (Å²) in [4.78, 5) is 23.8. The Bertz CT molecular complexity index is 940. The minimum atomic E-state index is -1.52. The Morgan fingerprint density at radius 3 is 2.81 bits per heavy atom. The second-order valence-corrected chi connectivity index (χ2v) is 5.87. The van der Waals surface area contributed by atoms with Gasteiger partial charge in [0.05, 0.1) is 18.3 Å². The summed E-state index contributed by atoms with van der Waals surface area (Å²) >= 11 is 0. The molecular weight excluding hydrogens is 336 g/mol. The lowest BCUT2D eigenvalue weighted by atomic mass is 10.3. The number of aryl methyl sites for hydroxylation is 2. The van der Waals surface area contributed by atoms with Crippen molar-refractivity contribution in [3.8, 4) is 11.4 Å². The highest BCUT2D eigenvalue weighted by Crippen LogP contribution is 2.20. The lowest BCUT2D eigenvalue weighted by Gasteiger charge is -2.08. The molecule has 3 rings (SSSR count). The van der Waals surface area contributed by atoms with E-state index in [1.165, 1.54) is 10.9 Å². The molecule has 3 N–H and O–H groups in total. The number of pyridine rings is 1. The van der Waals surface area contributed by atoms with Crippen LogP contribution in [0.4, 0.5) is 11.6 Å². The number of nitrogens with one attached hydrogen (secondary N) is 1. The number of aromatic nitrogens is 5. The fourth-order valence-electron chi connectivity index (χ4n) is 2.33. The first-order chi connectivity index (χ1) is 12.4. The van der Waals surface area contributed by atoms with Crippen LogP contribution < -0.4 is 5.32 Å². The van der Waals surface area contributed by atoms with Crippen molar-refractivity contribution in [3.63, 3.8) is 0 Å². The maximum Gasteiger partial charge on any atom is 0.334 e. The van der Waals surface area contributed by atoms with Crippen molar-refractivity contribution >= 4 is 17.6 Å². The number of carboxylic acid groups (broad SMARTS) is 1. The number of hydrogen-bond donors (Lipinski definition) is 3.